The first-order valence-electron chi connectivity index (χ1n) is 8.77. The van der Waals surface area contributed by atoms with E-state index in [2.05, 4.69) is 11.9 Å². The lowest BCUT2D eigenvalue weighted by Crippen LogP contribution is -2.60. The molecule has 1 aromatic rings. The minimum Gasteiger partial charge on any atom is -0.447 e. The van der Waals surface area contributed by atoms with Crippen molar-refractivity contribution in [3.8, 4) is 0 Å². The molecule has 1 aromatic carbocycles. The molecule has 0 bridgehead atoms. The molecule has 3 amide bonds. The minimum atomic E-state index is -1.69. The van der Waals surface area contributed by atoms with Crippen molar-refractivity contribution in [1.82, 2.24) is 10.2 Å². The van der Waals surface area contributed by atoms with E-state index in [0.717, 1.165) is 4.90 Å². The van der Waals surface area contributed by atoms with Gasteiger partial charge in [-0.2, -0.15) is 0 Å². The number of hydrogen-bond donors (Lipinski definition) is 1. The third-order valence-electron chi connectivity index (χ3n) is 5.20. The number of thiocarbonyl (C=S) groups is 1. The molecule has 0 unspecified atom stereocenters. The predicted octanol–water partition coefficient (Wildman–Crippen LogP) is 1.45. The third kappa shape index (κ3) is 2.29. The van der Waals surface area contributed by atoms with Crippen LogP contribution in [0.3, 0.4) is 0 Å². The lowest BCUT2D eigenvalue weighted by Gasteiger charge is -2.32. The summed E-state index contributed by atoms with van der Waals surface area (Å²) in [4.78, 5) is 41.6. The Morgan fingerprint density at radius 2 is 2.11 bits per heavy atom. The van der Waals surface area contributed by atoms with Gasteiger partial charge < -0.3 is 19.7 Å². The maximum atomic E-state index is 13.5. The molecule has 2 atom stereocenters. The second-order valence-electron chi connectivity index (χ2n) is 7.46. The summed E-state index contributed by atoms with van der Waals surface area (Å²) < 4.78 is 10.9. The number of nitrogens with zero attached hydrogens (tertiary/aromatic N) is 2. The number of benzene rings is 1. The van der Waals surface area contributed by atoms with Crippen LogP contribution in [-0.4, -0.2) is 52.7 Å². The van der Waals surface area contributed by atoms with Gasteiger partial charge in [-0.1, -0.05) is 24.3 Å². The first-order chi connectivity index (χ1) is 13.2. The fourth-order valence-electron chi connectivity index (χ4n) is 3.96. The third-order valence-corrected chi connectivity index (χ3v) is 5.40. The van der Waals surface area contributed by atoms with Gasteiger partial charge in [0.05, 0.1) is 11.2 Å². The molecule has 1 N–H and O–H groups in total. The number of para-hydroxylation sites is 1. The van der Waals surface area contributed by atoms with E-state index in [1.54, 1.807) is 44.2 Å². The van der Waals surface area contributed by atoms with Crippen molar-refractivity contribution in [1.29, 1.82) is 0 Å². The number of anilines is 1. The number of carbonyl (C=O) groups is 3. The van der Waals surface area contributed by atoms with Crippen LogP contribution in [0, 0.1) is 0 Å². The average Bonchev–Trinajstić information content (AvgIpc) is 3.22. The Kier molecular flexibility index (Phi) is 3.97. The number of imide groups is 1. The highest BCUT2D eigenvalue weighted by Gasteiger charge is 2.66. The van der Waals surface area contributed by atoms with Crippen molar-refractivity contribution in [2.24, 2.45) is 0 Å². The number of nitrogens with one attached hydrogen (secondary N) is 1. The Morgan fingerprint density at radius 1 is 1.39 bits per heavy atom. The highest BCUT2D eigenvalue weighted by molar-refractivity contribution is 7.80. The van der Waals surface area contributed by atoms with E-state index >= 15 is 0 Å². The van der Waals surface area contributed by atoms with Crippen molar-refractivity contribution < 1.29 is 23.9 Å². The van der Waals surface area contributed by atoms with Crippen molar-refractivity contribution in [3.05, 3.63) is 42.5 Å². The van der Waals surface area contributed by atoms with Gasteiger partial charge in [-0.15, -0.1) is 6.58 Å². The molecule has 4 rings (SSSR count). The maximum Gasteiger partial charge on any atom is 0.417 e. The zero-order valence-corrected chi connectivity index (χ0v) is 16.2. The van der Waals surface area contributed by atoms with Gasteiger partial charge in [0.15, 0.2) is 6.04 Å². The normalized spacial score (nSPS) is 27.5. The summed E-state index contributed by atoms with van der Waals surface area (Å²) in [6.45, 7) is 7.43. The first kappa shape index (κ1) is 18.4. The summed E-state index contributed by atoms with van der Waals surface area (Å²) in [5.41, 5.74) is -1.42. The number of amides is 3. The van der Waals surface area contributed by atoms with Gasteiger partial charge in [0.1, 0.15) is 6.61 Å². The molecule has 0 radical (unpaired) electrons. The van der Waals surface area contributed by atoms with E-state index in [0.29, 0.717) is 11.3 Å². The monoisotopic (exact) mass is 401 g/mol. The largest absolute Gasteiger partial charge is 0.447 e. The molecule has 28 heavy (non-hydrogen) atoms. The van der Waals surface area contributed by atoms with Gasteiger partial charge >= 0.3 is 6.09 Å². The Labute approximate surface area is 167 Å². The zero-order chi connectivity index (χ0) is 20.3. The molecular formula is C19H19N3O5S. The van der Waals surface area contributed by atoms with Crippen LogP contribution in [0.25, 0.3) is 0 Å². The average molecular weight is 401 g/mol. The highest BCUT2D eigenvalue weighted by Crippen LogP contribution is 2.48. The van der Waals surface area contributed by atoms with Gasteiger partial charge in [-0.05, 0) is 32.1 Å². The van der Waals surface area contributed by atoms with Crippen molar-refractivity contribution >= 4 is 41.0 Å². The summed E-state index contributed by atoms with van der Waals surface area (Å²) in [6, 6.07) is 5.84. The predicted molar refractivity (Wildman–Crippen MR) is 104 cm³/mol. The smallest absolute Gasteiger partial charge is 0.417 e. The molecule has 3 heterocycles. The van der Waals surface area contributed by atoms with Gasteiger partial charge in [0, 0.05) is 12.1 Å². The maximum absolute atomic E-state index is 13.5. The quantitative estimate of drug-likeness (QED) is 0.606. The van der Waals surface area contributed by atoms with E-state index < -0.39 is 35.1 Å². The highest BCUT2D eigenvalue weighted by atomic mass is 32.1. The number of fused-ring (bicyclic) bond motifs is 2. The van der Waals surface area contributed by atoms with Crippen LogP contribution in [0.4, 0.5) is 10.5 Å². The van der Waals surface area contributed by atoms with Crippen molar-refractivity contribution in [2.45, 2.75) is 31.0 Å². The Balaban J connectivity index is 1.85. The second-order valence-corrected chi connectivity index (χ2v) is 7.84. The fraction of sp³-hybridized carbons (Fsp3) is 0.368. The van der Waals surface area contributed by atoms with Crippen LogP contribution in [-0.2, 0) is 24.7 Å². The zero-order valence-electron chi connectivity index (χ0n) is 15.4. The van der Waals surface area contributed by atoms with Gasteiger partial charge in [0.25, 0.3) is 17.0 Å². The van der Waals surface area contributed by atoms with Gasteiger partial charge in [-0.25, -0.2) is 9.69 Å². The van der Waals surface area contributed by atoms with Crippen LogP contribution in [0.5, 0.6) is 0 Å². The topological polar surface area (TPSA) is 88.2 Å². The number of rotatable bonds is 3. The minimum absolute atomic E-state index is 0.0652. The Morgan fingerprint density at radius 3 is 2.75 bits per heavy atom. The number of cyclic esters (lactones) is 1. The van der Waals surface area contributed by atoms with E-state index in [9.17, 15) is 14.4 Å². The first-order valence-corrected chi connectivity index (χ1v) is 9.17. The summed E-state index contributed by atoms with van der Waals surface area (Å²) in [6.07, 6.45) is 0.832. The number of ether oxygens (including phenoxy) is 2. The van der Waals surface area contributed by atoms with Crippen LogP contribution < -0.4 is 10.2 Å². The van der Waals surface area contributed by atoms with E-state index in [4.69, 9.17) is 21.7 Å². The SMILES string of the molecule is C=CCN1C(=O)[C@]2(OC(=S)N[C@H]2C(=O)N2C(=O)OCC2(C)C)c2ccccc21. The number of hydrogen-bond acceptors (Lipinski definition) is 6. The standard InChI is InChI=1S/C19H19N3O5S/c1-4-9-21-12-8-6-5-7-11(12)19(15(21)24)13(20-16(28)27-19)14(23)22-17(25)26-10-18(22,2)3/h4-8,13H,1,9-10H2,2-3H3,(H,20,28)/t13-,19-/m0/s1. The Hall–Kier alpha value is -2.94. The number of carbonyl (C=O) groups excluding carboxylic acids is 3. The molecule has 0 aromatic heterocycles. The van der Waals surface area contributed by atoms with E-state index in [1.807, 2.05) is 0 Å². The van der Waals surface area contributed by atoms with Gasteiger partial charge in [-0.3, -0.25) is 9.59 Å². The second kappa shape index (κ2) is 6.03. The molecule has 8 nitrogen and oxygen atoms in total. The fourth-order valence-corrected chi connectivity index (χ4v) is 4.21. The summed E-state index contributed by atoms with van der Waals surface area (Å²) >= 11 is 5.16. The van der Waals surface area contributed by atoms with Crippen molar-refractivity contribution in [2.75, 3.05) is 18.1 Å². The molecule has 0 saturated carbocycles. The van der Waals surface area contributed by atoms with Crippen LogP contribution in [0.2, 0.25) is 0 Å². The molecule has 1 spiro atoms. The van der Waals surface area contributed by atoms with Crippen molar-refractivity contribution in [3.63, 3.8) is 0 Å². The molecule has 3 aliphatic heterocycles. The molecule has 146 valence electrons. The molecular weight excluding hydrogens is 382 g/mol. The Bertz CT molecular complexity index is 930. The van der Waals surface area contributed by atoms with Gasteiger partial charge in [0.2, 0.25) is 5.60 Å². The molecule has 2 saturated heterocycles. The molecule has 3 aliphatic rings. The van der Waals surface area contributed by atoms with E-state index in [-0.39, 0.29) is 18.3 Å². The van der Waals surface area contributed by atoms with Crippen LogP contribution in [0.15, 0.2) is 36.9 Å². The summed E-state index contributed by atoms with van der Waals surface area (Å²) in [7, 11) is 0. The molecule has 2 fully saturated rings. The molecule has 9 heteroatoms. The lowest BCUT2D eigenvalue weighted by molar-refractivity contribution is -0.145. The van der Waals surface area contributed by atoms with Crippen LogP contribution >= 0.6 is 12.2 Å². The lowest BCUT2D eigenvalue weighted by atomic mass is 9.86. The summed E-state index contributed by atoms with van der Waals surface area (Å²) in [5, 5.41) is 2.72. The van der Waals surface area contributed by atoms with E-state index in [1.165, 1.54) is 4.90 Å². The van der Waals surface area contributed by atoms with Crippen LogP contribution in [0.1, 0.15) is 19.4 Å². The molecule has 0 aliphatic carbocycles. The summed E-state index contributed by atoms with van der Waals surface area (Å²) in [5.74, 6) is -1.07.